The van der Waals surface area contributed by atoms with E-state index >= 15 is 0 Å². The van der Waals surface area contributed by atoms with Gasteiger partial charge >= 0.3 is 0 Å². The first-order valence-electron chi connectivity index (χ1n) is 11.0. The number of benzene rings is 1. The average Bonchev–Trinajstić information content (AvgIpc) is 3.06. The Morgan fingerprint density at radius 2 is 1.81 bits per heavy atom. The van der Waals surface area contributed by atoms with Crippen LogP contribution >= 0.6 is 0 Å². The number of hydrogen-bond acceptors (Lipinski definition) is 7. The third-order valence-corrected chi connectivity index (χ3v) is 7.00. The van der Waals surface area contributed by atoms with E-state index in [1.807, 2.05) is 13.8 Å². The molecule has 0 bridgehead atoms. The lowest BCUT2D eigenvalue weighted by molar-refractivity contribution is -0.145. The van der Waals surface area contributed by atoms with Crippen LogP contribution in [0.5, 0.6) is 0 Å². The lowest BCUT2D eigenvalue weighted by Gasteiger charge is -2.20. The molecule has 1 saturated heterocycles. The molecule has 176 valence electrons. The maximum Gasteiger partial charge on any atom is 0.277 e. The maximum absolute atomic E-state index is 13.0. The lowest BCUT2D eigenvalue weighted by atomic mass is 10.2. The molecule has 0 saturated carbocycles. The lowest BCUT2D eigenvalue weighted by Crippen LogP contribution is -2.32. The van der Waals surface area contributed by atoms with Crippen LogP contribution in [-0.2, 0) is 26.0 Å². The van der Waals surface area contributed by atoms with E-state index in [2.05, 4.69) is 15.6 Å². The molecule has 0 radical (unpaired) electrons. The zero-order valence-electron chi connectivity index (χ0n) is 18.6. The van der Waals surface area contributed by atoms with Gasteiger partial charge in [0.25, 0.3) is 5.91 Å². The minimum absolute atomic E-state index is 0.109. The van der Waals surface area contributed by atoms with E-state index in [-0.39, 0.29) is 10.6 Å². The number of rotatable bonds is 10. The zero-order valence-corrected chi connectivity index (χ0v) is 19.4. The summed E-state index contributed by atoms with van der Waals surface area (Å²) in [6.07, 6.45) is 4.82. The van der Waals surface area contributed by atoms with E-state index in [4.69, 9.17) is 9.47 Å². The van der Waals surface area contributed by atoms with E-state index in [1.165, 1.54) is 21.3 Å². The number of nitrogens with one attached hydrogen (secondary N) is 1. The predicted molar refractivity (Wildman–Crippen MR) is 119 cm³/mol. The minimum atomic E-state index is -3.61. The van der Waals surface area contributed by atoms with Crippen LogP contribution in [0.1, 0.15) is 50.0 Å². The summed E-state index contributed by atoms with van der Waals surface area (Å²) in [7, 11) is -3.61. The van der Waals surface area contributed by atoms with E-state index in [0.29, 0.717) is 38.5 Å². The number of hydrogen-bond donors (Lipinski definition) is 1. The Kier molecular flexibility index (Phi) is 8.74. The van der Waals surface area contributed by atoms with Gasteiger partial charge in [-0.3, -0.25) is 4.79 Å². The van der Waals surface area contributed by atoms with Crippen molar-refractivity contribution in [1.82, 2.24) is 19.3 Å². The second-order valence-corrected chi connectivity index (χ2v) is 9.40. The Hall–Kier alpha value is -2.34. The van der Waals surface area contributed by atoms with Gasteiger partial charge in [0.1, 0.15) is 0 Å². The normalized spacial score (nSPS) is 15.6. The molecule has 0 unspecified atom stereocenters. The number of nitrogens with zero attached hydrogens (tertiary/aromatic N) is 4. The number of anilines is 1. The summed E-state index contributed by atoms with van der Waals surface area (Å²) in [5.74, 6) is -0.482. The molecule has 1 aromatic heterocycles. The molecule has 0 aliphatic carbocycles. The van der Waals surface area contributed by atoms with Crippen LogP contribution in [0.25, 0.3) is 0 Å². The first-order valence-corrected chi connectivity index (χ1v) is 12.4. The molecule has 1 aliphatic heterocycles. The monoisotopic (exact) mass is 465 g/mol. The van der Waals surface area contributed by atoms with Gasteiger partial charge in [-0.1, -0.05) is 24.1 Å². The number of carbonyl (C=O) groups is 1. The molecule has 3 rings (SSSR count). The van der Waals surface area contributed by atoms with Gasteiger partial charge in [0, 0.05) is 32.0 Å². The number of aromatic nitrogens is 3. The first kappa shape index (κ1) is 24.3. The quantitative estimate of drug-likeness (QED) is 0.536. The van der Waals surface area contributed by atoms with E-state index in [1.54, 1.807) is 18.2 Å². The van der Waals surface area contributed by atoms with Gasteiger partial charge in [-0.05, 0) is 44.9 Å². The first-order chi connectivity index (χ1) is 15.4. The average molecular weight is 466 g/mol. The van der Waals surface area contributed by atoms with Gasteiger partial charge in [-0.2, -0.15) is 4.31 Å². The van der Waals surface area contributed by atoms with Gasteiger partial charge in [0.2, 0.25) is 10.0 Å². The summed E-state index contributed by atoms with van der Waals surface area (Å²) >= 11 is 0. The van der Waals surface area contributed by atoms with E-state index < -0.39 is 22.2 Å². The highest BCUT2D eigenvalue weighted by Gasteiger charge is 2.25. The van der Waals surface area contributed by atoms with E-state index in [9.17, 15) is 13.2 Å². The third kappa shape index (κ3) is 6.35. The van der Waals surface area contributed by atoms with Gasteiger partial charge < -0.3 is 14.8 Å². The van der Waals surface area contributed by atoms with Crippen molar-refractivity contribution < 1.29 is 22.7 Å². The van der Waals surface area contributed by atoms with Crippen LogP contribution in [0.2, 0.25) is 0 Å². The van der Waals surface area contributed by atoms with Gasteiger partial charge in [-0.15, -0.1) is 5.10 Å². The van der Waals surface area contributed by atoms with Crippen LogP contribution in [-0.4, -0.2) is 66.2 Å². The molecular formula is C21H31N5O5S. The Morgan fingerprint density at radius 3 is 2.47 bits per heavy atom. The molecular weight excluding hydrogens is 434 g/mol. The molecule has 0 spiro atoms. The Morgan fingerprint density at radius 1 is 1.12 bits per heavy atom. The fourth-order valence-electron chi connectivity index (χ4n) is 3.53. The number of sulfonamides is 1. The van der Waals surface area contributed by atoms with Gasteiger partial charge in [0.05, 0.1) is 17.6 Å². The fraction of sp³-hybridized carbons (Fsp3) is 0.571. The molecule has 1 aliphatic rings. The molecule has 0 atom stereocenters. The molecule has 2 aromatic rings. The summed E-state index contributed by atoms with van der Waals surface area (Å²) in [6.45, 7) is 6.05. The van der Waals surface area contributed by atoms with Crippen molar-refractivity contribution in [3.8, 4) is 0 Å². The maximum atomic E-state index is 13.0. The van der Waals surface area contributed by atoms with Crippen molar-refractivity contribution in [2.75, 3.05) is 31.6 Å². The number of amides is 1. The van der Waals surface area contributed by atoms with Crippen LogP contribution < -0.4 is 5.32 Å². The van der Waals surface area contributed by atoms with Gasteiger partial charge in [-0.25, -0.2) is 13.1 Å². The fourth-order valence-corrected chi connectivity index (χ4v) is 5.09. The van der Waals surface area contributed by atoms with Crippen molar-refractivity contribution in [2.24, 2.45) is 0 Å². The predicted octanol–water partition coefficient (Wildman–Crippen LogP) is 2.49. The highest BCUT2D eigenvalue weighted by Crippen LogP contribution is 2.23. The zero-order chi connectivity index (χ0) is 23.0. The largest absolute Gasteiger partial charge is 0.351 e. The van der Waals surface area contributed by atoms with Crippen molar-refractivity contribution in [3.05, 3.63) is 36.2 Å². The minimum Gasteiger partial charge on any atom is -0.351 e. The van der Waals surface area contributed by atoms with Crippen molar-refractivity contribution in [2.45, 2.75) is 57.3 Å². The molecule has 1 fully saturated rings. The number of ether oxygens (including phenoxy) is 2. The molecule has 1 aromatic carbocycles. The Labute approximate surface area is 188 Å². The highest BCUT2D eigenvalue weighted by atomic mass is 32.2. The smallest absolute Gasteiger partial charge is 0.277 e. The van der Waals surface area contributed by atoms with Crippen molar-refractivity contribution in [1.29, 1.82) is 0 Å². The molecule has 1 amide bonds. The van der Waals surface area contributed by atoms with Gasteiger partial charge in [0.15, 0.2) is 12.0 Å². The Bertz CT molecular complexity index is 980. The second kappa shape index (κ2) is 11.5. The van der Waals surface area contributed by atoms with Crippen molar-refractivity contribution >= 4 is 21.6 Å². The van der Waals surface area contributed by atoms with Crippen LogP contribution in [0.4, 0.5) is 5.69 Å². The highest BCUT2D eigenvalue weighted by molar-refractivity contribution is 7.89. The molecule has 32 heavy (non-hydrogen) atoms. The Balaban J connectivity index is 1.68. The second-order valence-electron chi connectivity index (χ2n) is 7.47. The summed E-state index contributed by atoms with van der Waals surface area (Å²) in [5.41, 5.74) is 0.486. The van der Waals surface area contributed by atoms with E-state index in [0.717, 1.165) is 25.7 Å². The van der Waals surface area contributed by atoms with Crippen LogP contribution in [0.3, 0.4) is 0 Å². The summed E-state index contributed by atoms with van der Waals surface area (Å²) < 4.78 is 40.0. The SMILES string of the molecule is CCOC(Cn1cc(C(=O)Nc2cccc(S(=O)(=O)N3CCCCCC3)c2)nn1)OCC. The molecule has 10 nitrogen and oxygen atoms in total. The topological polar surface area (TPSA) is 116 Å². The number of carbonyl (C=O) groups excluding carboxylic acids is 1. The van der Waals surface area contributed by atoms with Crippen molar-refractivity contribution in [3.63, 3.8) is 0 Å². The summed E-state index contributed by atoms with van der Waals surface area (Å²) in [4.78, 5) is 12.8. The third-order valence-electron chi connectivity index (χ3n) is 5.11. The van der Waals surface area contributed by atoms with Crippen LogP contribution in [0.15, 0.2) is 35.4 Å². The standard InChI is InChI=1S/C21H31N5O5S/c1-3-30-20(31-4-2)16-25-15-19(23-24-25)21(27)22-17-10-9-11-18(14-17)32(28,29)26-12-7-5-6-8-13-26/h9-11,14-15,20H,3-8,12-13,16H2,1-2H3,(H,22,27). The summed E-state index contributed by atoms with van der Waals surface area (Å²) in [6, 6.07) is 6.28. The summed E-state index contributed by atoms with van der Waals surface area (Å²) in [5, 5.41) is 10.6. The molecule has 1 N–H and O–H groups in total. The molecule has 11 heteroatoms. The molecule has 2 heterocycles. The van der Waals surface area contributed by atoms with Crippen LogP contribution in [0, 0.1) is 0 Å².